The Labute approximate surface area is 234 Å². The molecule has 11 heteroatoms. The van der Waals surface area contributed by atoms with E-state index in [1.807, 2.05) is 31.2 Å². The topological polar surface area (TPSA) is 116 Å². The second-order valence-electron chi connectivity index (χ2n) is 8.06. The van der Waals surface area contributed by atoms with Crippen molar-refractivity contribution in [2.75, 3.05) is 20.8 Å². The number of amides is 1. The molecule has 0 spiro atoms. The fourth-order valence-electron chi connectivity index (χ4n) is 3.65. The Morgan fingerprint density at radius 2 is 1.82 bits per heavy atom. The molecule has 0 radical (unpaired) electrons. The minimum Gasteiger partial charge on any atom is -0.497 e. The number of methoxy groups -OCH3 is 2. The van der Waals surface area contributed by atoms with E-state index in [4.69, 9.17) is 30.5 Å². The average Bonchev–Trinajstić information content (AvgIpc) is 3.27. The molecule has 39 heavy (non-hydrogen) atoms. The summed E-state index contributed by atoms with van der Waals surface area (Å²) < 4.78 is 22.6. The Hall–Kier alpha value is -4.15. The summed E-state index contributed by atoms with van der Waals surface area (Å²) in [5.41, 5.74) is 1.82. The number of thioether (sulfide) groups is 1. The monoisotopic (exact) mass is 568 g/mol. The molecule has 0 atom stereocenters. The van der Waals surface area contributed by atoms with Gasteiger partial charge in [0, 0.05) is 5.56 Å². The molecule has 202 valence electrons. The number of ether oxygens (including phenoxy) is 4. The van der Waals surface area contributed by atoms with Crippen molar-refractivity contribution < 1.29 is 33.6 Å². The van der Waals surface area contributed by atoms with Crippen molar-refractivity contribution in [2.24, 2.45) is 4.99 Å². The number of nitrogens with zero attached hydrogens (tertiary/aromatic N) is 1. The lowest BCUT2D eigenvalue weighted by atomic mass is 10.1. The third-order valence-corrected chi connectivity index (χ3v) is 6.74. The second-order valence-corrected chi connectivity index (χ2v) is 9.49. The van der Waals surface area contributed by atoms with Crippen molar-refractivity contribution in [1.29, 1.82) is 0 Å². The van der Waals surface area contributed by atoms with Crippen LogP contribution in [0, 0.1) is 0 Å². The van der Waals surface area contributed by atoms with E-state index < -0.39 is 5.97 Å². The molecule has 0 unspecified atom stereocenters. The Bertz CT molecular complexity index is 1470. The average molecular weight is 569 g/mol. The van der Waals surface area contributed by atoms with Crippen LogP contribution in [0.2, 0.25) is 5.02 Å². The van der Waals surface area contributed by atoms with Gasteiger partial charge in [-0.05, 0) is 78.9 Å². The fraction of sp³-hybridized carbons (Fsp3) is 0.179. The number of nitrogens with one attached hydrogen (secondary N) is 1. The van der Waals surface area contributed by atoms with Crippen molar-refractivity contribution in [3.63, 3.8) is 0 Å². The van der Waals surface area contributed by atoms with Gasteiger partial charge in [-0.1, -0.05) is 17.7 Å². The largest absolute Gasteiger partial charge is 0.497 e. The normalized spacial score (nSPS) is 14.8. The summed E-state index contributed by atoms with van der Waals surface area (Å²) in [6.07, 6.45) is 1.71. The smallest absolute Gasteiger partial charge is 0.337 e. The number of halogens is 1. The van der Waals surface area contributed by atoms with Gasteiger partial charge in [-0.15, -0.1) is 0 Å². The molecule has 1 aliphatic rings. The van der Waals surface area contributed by atoms with E-state index in [2.05, 4.69) is 10.3 Å². The molecular formula is C28H25ClN2O7S. The SMILES string of the molecule is CCOc1cc(/C=C2\SC(=Nc3ccc(Cl)c(C(=O)O)c3)NC2=O)ccc1OCc1cc(OC)ccc1OC. The lowest BCUT2D eigenvalue weighted by Crippen LogP contribution is -2.19. The number of rotatable bonds is 10. The molecule has 4 rings (SSSR count). The number of carboxylic acid groups (broad SMARTS) is 1. The minimum atomic E-state index is -1.16. The second kappa shape index (κ2) is 12.6. The van der Waals surface area contributed by atoms with Crippen molar-refractivity contribution in [3.8, 4) is 23.0 Å². The highest BCUT2D eigenvalue weighted by molar-refractivity contribution is 8.18. The maximum Gasteiger partial charge on any atom is 0.337 e. The first-order valence-corrected chi connectivity index (χ1v) is 12.9. The number of carbonyl (C=O) groups is 2. The van der Waals surface area contributed by atoms with E-state index in [1.165, 1.54) is 12.1 Å². The zero-order valence-electron chi connectivity index (χ0n) is 21.3. The Kier molecular flexibility index (Phi) is 9.00. The van der Waals surface area contributed by atoms with Gasteiger partial charge in [-0.2, -0.15) is 0 Å². The molecule has 3 aromatic carbocycles. The maximum absolute atomic E-state index is 12.6. The number of hydrogen-bond acceptors (Lipinski definition) is 8. The van der Waals surface area contributed by atoms with Crippen molar-refractivity contribution >= 4 is 52.2 Å². The summed E-state index contributed by atoms with van der Waals surface area (Å²) in [6.45, 7) is 2.52. The van der Waals surface area contributed by atoms with Crippen LogP contribution in [-0.4, -0.2) is 43.0 Å². The number of benzene rings is 3. The van der Waals surface area contributed by atoms with Gasteiger partial charge in [-0.25, -0.2) is 9.79 Å². The summed E-state index contributed by atoms with van der Waals surface area (Å²) in [7, 11) is 3.19. The van der Waals surface area contributed by atoms with Gasteiger partial charge < -0.3 is 29.4 Å². The zero-order chi connectivity index (χ0) is 27.9. The number of hydrogen-bond donors (Lipinski definition) is 2. The molecule has 1 saturated heterocycles. The van der Waals surface area contributed by atoms with Crippen LogP contribution in [-0.2, 0) is 11.4 Å². The summed E-state index contributed by atoms with van der Waals surface area (Å²) in [5.74, 6) is 0.935. The van der Waals surface area contributed by atoms with Gasteiger partial charge in [-0.3, -0.25) is 4.79 Å². The fourth-order valence-corrected chi connectivity index (χ4v) is 4.69. The van der Waals surface area contributed by atoms with Gasteiger partial charge >= 0.3 is 5.97 Å². The molecule has 0 bridgehead atoms. The number of carbonyl (C=O) groups excluding carboxylic acids is 1. The van der Waals surface area contributed by atoms with Crippen molar-refractivity contribution in [3.05, 3.63) is 81.2 Å². The molecule has 3 aromatic rings. The molecule has 0 aliphatic carbocycles. The molecule has 0 aromatic heterocycles. The molecule has 0 saturated carbocycles. The van der Waals surface area contributed by atoms with E-state index in [0.29, 0.717) is 45.4 Å². The molecule has 2 N–H and O–H groups in total. The van der Waals surface area contributed by atoms with E-state index in [1.54, 1.807) is 38.5 Å². The highest BCUT2D eigenvalue weighted by Gasteiger charge is 2.24. The third kappa shape index (κ3) is 6.84. The van der Waals surface area contributed by atoms with E-state index in [-0.39, 0.29) is 23.1 Å². The van der Waals surface area contributed by atoms with Gasteiger partial charge in [0.2, 0.25) is 0 Å². The van der Waals surface area contributed by atoms with Crippen LogP contribution < -0.4 is 24.3 Å². The van der Waals surface area contributed by atoms with Crippen molar-refractivity contribution in [1.82, 2.24) is 5.32 Å². The molecule has 1 amide bonds. The molecule has 9 nitrogen and oxygen atoms in total. The summed E-state index contributed by atoms with van der Waals surface area (Å²) in [6, 6.07) is 15.2. The molecular weight excluding hydrogens is 544 g/mol. The Morgan fingerprint density at radius 1 is 1.03 bits per heavy atom. The lowest BCUT2D eigenvalue weighted by molar-refractivity contribution is -0.115. The number of aliphatic imine (C=N–C) groups is 1. The predicted octanol–water partition coefficient (Wildman–Crippen LogP) is 5.92. The molecule has 1 heterocycles. The van der Waals surface area contributed by atoms with Crippen LogP contribution in [0.25, 0.3) is 6.08 Å². The van der Waals surface area contributed by atoms with Gasteiger partial charge in [0.25, 0.3) is 5.91 Å². The maximum atomic E-state index is 12.6. The summed E-state index contributed by atoms with van der Waals surface area (Å²) in [5, 5.41) is 12.4. The standard InChI is InChI=1S/C28H25ClN2O7S/c1-4-37-24-11-16(5-9-23(24)38-15-17-13-19(35-2)7-10-22(17)36-3)12-25-26(32)31-28(39-25)30-18-6-8-21(29)20(14-18)27(33)34/h5-14H,4,15H2,1-3H3,(H,33,34)(H,30,31,32)/b25-12-. The van der Waals surface area contributed by atoms with Gasteiger partial charge in [0.1, 0.15) is 18.1 Å². The van der Waals surface area contributed by atoms with Crippen LogP contribution in [0.15, 0.2) is 64.5 Å². The minimum absolute atomic E-state index is 0.0702. The highest BCUT2D eigenvalue weighted by Crippen LogP contribution is 2.34. The van der Waals surface area contributed by atoms with Gasteiger partial charge in [0.15, 0.2) is 16.7 Å². The first kappa shape index (κ1) is 27.9. The molecule has 1 aliphatic heterocycles. The van der Waals surface area contributed by atoms with E-state index in [0.717, 1.165) is 22.9 Å². The quantitative estimate of drug-likeness (QED) is 0.289. The van der Waals surface area contributed by atoms with Crippen LogP contribution in [0.5, 0.6) is 23.0 Å². The zero-order valence-corrected chi connectivity index (χ0v) is 22.9. The van der Waals surface area contributed by atoms with Crippen LogP contribution in [0.3, 0.4) is 0 Å². The van der Waals surface area contributed by atoms with Crippen molar-refractivity contribution in [2.45, 2.75) is 13.5 Å². The first-order chi connectivity index (χ1) is 18.8. The Morgan fingerprint density at radius 3 is 2.54 bits per heavy atom. The number of amidine groups is 1. The van der Waals surface area contributed by atoms with E-state index in [9.17, 15) is 14.7 Å². The first-order valence-electron chi connectivity index (χ1n) is 11.7. The summed E-state index contributed by atoms with van der Waals surface area (Å²) >= 11 is 7.06. The van der Waals surface area contributed by atoms with E-state index >= 15 is 0 Å². The molecule has 1 fully saturated rings. The van der Waals surface area contributed by atoms with Crippen LogP contribution >= 0.6 is 23.4 Å². The lowest BCUT2D eigenvalue weighted by Gasteiger charge is -2.15. The van der Waals surface area contributed by atoms with Crippen LogP contribution in [0.1, 0.15) is 28.4 Å². The highest BCUT2D eigenvalue weighted by atomic mass is 35.5. The third-order valence-electron chi connectivity index (χ3n) is 5.50. The van der Waals surface area contributed by atoms with Gasteiger partial charge in [0.05, 0.1) is 42.0 Å². The Balaban J connectivity index is 1.53. The number of aromatic carboxylic acids is 1. The predicted molar refractivity (Wildman–Crippen MR) is 151 cm³/mol. The summed E-state index contributed by atoms with van der Waals surface area (Å²) in [4.78, 5) is 28.7. The number of carboxylic acids is 1. The van der Waals surface area contributed by atoms with Crippen LogP contribution in [0.4, 0.5) is 5.69 Å².